The zero-order chi connectivity index (χ0) is 18.0. The van der Waals surface area contributed by atoms with Crippen molar-refractivity contribution < 1.29 is 9.72 Å². The number of aryl methyl sites for hydroxylation is 1. The van der Waals surface area contributed by atoms with E-state index in [1.54, 1.807) is 19.1 Å². The maximum absolute atomic E-state index is 12.4. The summed E-state index contributed by atoms with van der Waals surface area (Å²) in [6, 6.07) is 12.1. The summed E-state index contributed by atoms with van der Waals surface area (Å²) in [5.74, 6) is -0.153. The topological polar surface area (TPSA) is 85.1 Å². The van der Waals surface area contributed by atoms with Crippen LogP contribution >= 0.6 is 23.1 Å². The summed E-state index contributed by atoms with van der Waals surface area (Å²) in [5.41, 5.74) is 2.01. The Hall–Kier alpha value is -2.45. The number of rotatable bonds is 5. The van der Waals surface area contributed by atoms with Crippen LogP contribution in [0.1, 0.15) is 12.5 Å². The lowest BCUT2D eigenvalue weighted by atomic mass is 10.2. The van der Waals surface area contributed by atoms with Crippen LogP contribution in [-0.2, 0) is 4.79 Å². The van der Waals surface area contributed by atoms with E-state index >= 15 is 0 Å². The Morgan fingerprint density at radius 1 is 1.28 bits per heavy atom. The van der Waals surface area contributed by atoms with Gasteiger partial charge in [-0.25, -0.2) is 4.98 Å². The molecule has 0 aliphatic rings. The summed E-state index contributed by atoms with van der Waals surface area (Å²) in [6.45, 7) is 3.78. The van der Waals surface area contributed by atoms with Crippen LogP contribution < -0.4 is 5.32 Å². The van der Waals surface area contributed by atoms with Gasteiger partial charge in [-0.2, -0.15) is 0 Å². The lowest BCUT2D eigenvalue weighted by molar-refractivity contribution is -0.384. The first kappa shape index (κ1) is 17.4. The average Bonchev–Trinajstić information content (AvgIpc) is 2.99. The Kier molecular flexibility index (Phi) is 5.00. The molecule has 0 saturated carbocycles. The normalized spacial score (nSPS) is 12.1. The summed E-state index contributed by atoms with van der Waals surface area (Å²) in [7, 11) is 0. The van der Waals surface area contributed by atoms with E-state index in [4.69, 9.17) is 0 Å². The number of para-hydroxylation sites is 1. The molecule has 0 aliphatic carbocycles. The van der Waals surface area contributed by atoms with Crippen molar-refractivity contribution in [1.82, 2.24) is 4.98 Å². The SMILES string of the molecule is Cc1cccc2sc(NC(=O)C(C)Sc3ccc([N+](=O)[O-])cc3)nc12. The van der Waals surface area contributed by atoms with Crippen LogP contribution in [-0.4, -0.2) is 21.1 Å². The van der Waals surface area contributed by atoms with Crippen LogP contribution in [0.15, 0.2) is 47.4 Å². The van der Waals surface area contributed by atoms with Gasteiger partial charge in [-0.3, -0.25) is 14.9 Å². The zero-order valence-electron chi connectivity index (χ0n) is 13.6. The third-order valence-electron chi connectivity index (χ3n) is 3.58. The molecular weight excluding hydrogens is 358 g/mol. The number of nitrogens with one attached hydrogen (secondary N) is 1. The van der Waals surface area contributed by atoms with Crippen LogP contribution in [0.2, 0.25) is 0 Å². The summed E-state index contributed by atoms with van der Waals surface area (Å²) in [5, 5.41) is 13.7. The molecule has 3 rings (SSSR count). The van der Waals surface area contributed by atoms with E-state index in [1.807, 2.05) is 25.1 Å². The van der Waals surface area contributed by atoms with Crippen LogP contribution in [0.3, 0.4) is 0 Å². The minimum atomic E-state index is -0.445. The number of nitro groups is 1. The first-order valence-electron chi connectivity index (χ1n) is 7.52. The maximum atomic E-state index is 12.4. The highest BCUT2D eigenvalue weighted by Crippen LogP contribution is 2.30. The lowest BCUT2D eigenvalue weighted by Crippen LogP contribution is -2.22. The molecule has 0 radical (unpaired) electrons. The molecule has 1 heterocycles. The van der Waals surface area contributed by atoms with E-state index in [0.717, 1.165) is 20.7 Å². The predicted molar refractivity (Wildman–Crippen MR) is 101 cm³/mol. The molecule has 1 atom stereocenters. The molecule has 0 aliphatic heterocycles. The Labute approximate surface area is 152 Å². The highest BCUT2D eigenvalue weighted by atomic mass is 32.2. The standard InChI is InChI=1S/C17H15N3O3S2/c1-10-4-3-5-14-15(10)18-17(25-14)19-16(21)11(2)24-13-8-6-12(7-9-13)20(22)23/h3-9,11H,1-2H3,(H,18,19,21). The zero-order valence-corrected chi connectivity index (χ0v) is 15.2. The third-order valence-corrected chi connectivity index (χ3v) is 5.63. The van der Waals surface area contributed by atoms with E-state index in [2.05, 4.69) is 10.3 Å². The molecule has 0 saturated heterocycles. The molecule has 1 unspecified atom stereocenters. The number of amides is 1. The van der Waals surface area contributed by atoms with Gasteiger partial charge < -0.3 is 5.32 Å². The summed E-state index contributed by atoms with van der Waals surface area (Å²) >= 11 is 2.78. The van der Waals surface area contributed by atoms with Gasteiger partial charge in [0.05, 0.1) is 20.4 Å². The smallest absolute Gasteiger partial charge is 0.269 e. The predicted octanol–water partition coefficient (Wildman–Crippen LogP) is 4.63. The molecule has 6 nitrogen and oxygen atoms in total. The number of hydrogen-bond acceptors (Lipinski definition) is 6. The number of hydrogen-bond donors (Lipinski definition) is 1. The number of thioether (sulfide) groups is 1. The van der Waals surface area contributed by atoms with Gasteiger partial charge in [-0.05, 0) is 37.6 Å². The number of anilines is 1. The molecule has 1 amide bonds. The van der Waals surface area contributed by atoms with Gasteiger partial charge in [0.2, 0.25) is 5.91 Å². The van der Waals surface area contributed by atoms with Gasteiger partial charge in [0.15, 0.2) is 5.13 Å². The third kappa shape index (κ3) is 3.97. The van der Waals surface area contributed by atoms with Crippen LogP contribution in [0.25, 0.3) is 10.2 Å². The quantitative estimate of drug-likeness (QED) is 0.400. The van der Waals surface area contributed by atoms with E-state index in [-0.39, 0.29) is 16.8 Å². The van der Waals surface area contributed by atoms with Crippen molar-refractivity contribution in [3.63, 3.8) is 0 Å². The molecule has 1 aromatic heterocycles. The van der Waals surface area contributed by atoms with Gasteiger partial charge in [-0.1, -0.05) is 23.5 Å². The molecule has 8 heteroatoms. The summed E-state index contributed by atoms with van der Waals surface area (Å²) in [6.07, 6.45) is 0. The van der Waals surface area contributed by atoms with Crippen LogP contribution in [0.5, 0.6) is 0 Å². The molecule has 128 valence electrons. The Bertz CT molecular complexity index is 938. The first-order valence-corrected chi connectivity index (χ1v) is 9.22. The highest BCUT2D eigenvalue weighted by Gasteiger charge is 2.17. The molecule has 2 aromatic carbocycles. The van der Waals surface area contributed by atoms with Crippen LogP contribution in [0.4, 0.5) is 10.8 Å². The molecule has 25 heavy (non-hydrogen) atoms. The fourth-order valence-electron chi connectivity index (χ4n) is 2.25. The minimum Gasteiger partial charge on any atom is -0.301 e. The monoisotopic (exact) mass is 373 g/mol. The van der Waals surface area contributed by atoms with Crippen molar-refractivity contribution in [3.8, 4) is 0 Å². The Balaban J connectivity index is 1.67. The van der Waals surface area contributed by atoms with E-state index < -0.39 is 4.92 Å². The summed E-state index contributed by atoms with van der Waals surface area (Å²) < 4.78 is 1.03. The molecule has 0 spiro atoms. The second-order valence-electron chi connectivity index (χ2n) is 5.44. The number of thiazole rings is 1. The second-order valence-corrected chi connectivity index (χ2v) is 7.89. The van der Waals surface area contributed by atoms with Crippen molar-refractivity contribution in [2.75, 3.05) is 5.32 Å². The van der Waals surface area contributed by atoms with Gasteiger partial charge in [-0.15, -0.1) is 11.8 Å². The summed E-state index contributed by atoms with van der Waals surface area (Å²) in [4.78, 5) is 27.9. The number of nitrogens with zero attached hydrogens (tertiary/aromatic N) is 2. The van der Waals surface area contributed by atoms with Gasteiger partial charge in [0.25, 0.3) is 5.69 Å². The molecule has 0 fully saturated rings. The number of fused-ring (bicyclic) bond motifs is 1. The fraction of sp³-hybridized carbons (Fsp3) is 0.176. The van der Waals surface area contributed by atoms with Crippen molar-refractivity contribution in [2.45, 2.75) is 24.0 Å². The van der Waals surface area contributed by atoms with Crippen molar-refractivity contribution >= 4 is 50.0 Å². The lowest BCUT2D eigenvalue weighted by Gasteiger charge is -2.10. The van der Waals surface area contributed by atoms with Crippen LogP contribution in [0, 0.1) is 17.0 Å². The van der Waals surface area contributed by atoms with Gasteiger partial charge >= 0.3 is 0 Å². The fourth-order valence-corrected chi connectivity index (χ4v) is 4.06. The molecule has 3 aromatic rings. The van der Waals surface area contributed by atoms with E-state index in [1.165, 1.54) is 35.2 Å². The average molecular weight is 373 g/mol. The first-order chi connectivity index (χ1) is 11.9. The number of nitro benzene ring substituents is 1. The molecule has 1 N–H and O–H groups in total. The van der Waals surface area contributed by atoms with E-state index in [0.29, 0.717) is 5.13 Å². The number of non-ortho nitro benzene ring substituents is 1. The second kappa shape index (κ2) is 7.20. The highest BCUT2D eigenvalue weighted by molar-refractivity contribution is 8.00. The Morgan fingerprint density at radius 3 is 2.64 bits per heavy atom. The number of aromatic nitrogens is 1. The molecular formula is C17H15N3O3S2. The maximum Gasteiger partial charge on any atom is 0.269 e. The number of carbonyl (C=O) groups excluding carboxylic acids is 1. The number of carbonyl (C=O) groups is 1. The van der Waals surface area contributed by atoms with Crippen molar-refractivity contribution in [1.29, 1.82) is 0 Å². The van der Waals surface area contributed by atoms with E-state index in [9.17, 15) is 14.9 Å². The van der Waals surface area contributed by atoms with Crippen molar-refractivity contribution in [3.05, 3.63) is 58.1 Å². The van der Waals surface area contributed by atoms with Crippen molar-refractivity contribution in [2.24, 2.45) is 0 Å². The molecule has 0 bridgehead atoms. The Morgan fingerprint density at radius 2 is 2.00 bits per heavy atom. The minimum absolute atomic E-state index is 0.0336. The van der Waals surface area contributed by atoms with Gasteiger partial charge in [0, 0.05) is 17.0 Å². The van der Waals surface area contributed by atoms with Gasteiger partial charge in [0.1, 0.15) is 0 Å². The number of benzene rings is 2. The largest absolute Gasteiger partial charge is 0.301 e.